The molecule has 2 heteroatoms. The van der Waals surface area contributed by atoms with E-state index in [2.05, 4.69) is 43.4 Å². The Morgan fingerprint density at radius 2 is 1.87 bits per heavy atom. The zero-order chi connectivity index (χ0) is 11.1. The van der Waals surface area contributed by atoms with E-state index in [9.17, 15) is 0 Å². The standard InChI is InChI=1S/C13H22N2/c1-11(2)15-9-8-13(14)10-12-6-4-3-5-7-12/h3-7,11,13,15H,8-10,14H2,1-2H3. The third-order valence-electron chi connectivity index (χ3n) is 2.41. The summed E-state index contributed by atoms with van der Waals surface area (Å²) in [6.45, 7) is 5.32. The molecule has 1 rings (SSSR count). The van der Waals surface area contributed by atoms with Crippen molar-refractivity contribution < 1.29 is 0 Å². The number of nitrogens with two attached hydrogens (primary N) is 1. The van der Waals surface area contributed by atoms with E-state index in [-0.39, 0.29) is 6.04 Å². The van der Waals surface area contributed by atoms with Crippen LogP contribution in [0.3, 0.4) is 0 Å². The molecule has 0 amide bonds. The van der Waals surface area contributed by atoms with Gasteiger partial charge in [-0.1, -0.05) is 44.2 Å². The second-order valence-corrected chi connectivity index (χ2v) is 4.35. The molecule has 3 N–H and O–H groups in total. The van der Waals surface area contributed by atoms with Gasteiger partial charge < -0.3 is 11.1 Å². The molecule has 0 aliphatic carbocycles. The predicted molar refractivity (Wildman–Crippen MR) is 65.9 cm³/mol. The van der Waals surface area contributed by atoms with Crippen LogP contribution in [-0.2, 0) is 6.42 Å². The molecule has 2 nitrogen and oxygen atoms in total. The topological polar surface area (TPSA) is 38.0 Å². The summed E-state index contributed by atoms with van der Waals surface area (Å²) in [7, 11) is 0. The summed E-state index contributed by atoms with van der Waals surface area (Å²) >= 11 is 0. The van der Waals surface area contributed by atoms with Crippen molar-refractivity contribution in [1.82, 2.24) is 5.32 Å². The normalized spacial score (nSPS) is 13.1. The van der Waals surface area contributed by atoms with E-state index in [1.807, 2.05) is 6.07 Å². The maximum atomic E-state index is 6.05. The fourth-order valence-corrected chi connectivity index (χ4v) is 1.58. The predicted octanol–water partition coefficient (Wildman–Crippen LogP) is 1.94. The molecule has 0 spiro atoms. The van der Waals surface area contributed by atoms with Crippen LogP contribution in [0.25, 0.3) is 0 Å². The number of benzene rings is 1. The quantitative estimate of drug-likeness (QED) is 0.746. The Kier molecular flexibility index (Phi) is 5.37. The van der Waals surface area contributed by atoms with Gasteiger partial charge in [-0.2, -0.15) is 0 Å². The van der Waals surface area contributed by atoms with Crippen LogP contribution in [-0.4, -0.2) is 18.6 Å². The lowest BCUT2D eigenvalue weighted by molar-refractivity contribution is 0.521. The first-order chi connectivity index (χ1) is 7.18. The summed E-state index contributed by atoms with van der Waals surface area (Å²) in [5.74, 6) is 0. The summed E-state index contributed by atoms with van der Waals surface area (Å²) in [5.41, 5.74) is 7.38. The minimum Gasteiger partial charge on any atom is -0.327 e. The van der Waals surface area contributed by atoms with E-state index in [1.165, 1.54) is 5.56 Å². The van der Waals surface area contributed by atoms with Gasteiger partial charge in [0.25, 0.3) is 0 Å². The molecule has 1 aromatic carbocycles. The van der Waals surface area contributed by atoms with E-state index in [0.29, 0.717) is 6.04 Å². The van der Waals surface area contributed by atoms with Crippen molar-refractivity contribution in [3.63, 3.8) is 0 Å². The van der Waals surface area contributed by atoms with Gasteiger partial charge in [0.15, 0.2) is 0 Å². The zero-order valence-electron chi connectivity index (χ0n) is 9.74. The van der Waals surface area contributed by atoms with E-state index in [0.717, 1.165) is 19.4 Å². The maximum absolute atomic E-state index is 6.05. The molecule has 0 aromatic heterocycles. The van der Waals surface area contributed by atoms with Gasteiger partial charge in [0, 0.05) is 12.1 Å². The molecule has 0 saturated heterocycles. The van der Waals surface area contributed by atoms with Crippen molar-refractivity contribution in [1.29, 1.82) is 0 Å². The first-order valence-electron chi connectivity index (χ1n) is 5.71. The zero-order valence-corrected chi connectivity index (χ0v) is 9.74. The lowest BCUT2D eigenvalue weighted by atomic mass is 10.0. The van der Waals surface area contributed by atoms with Crippen LogP contribution in [0, 0.1) is 0 Å². The number of hydrogen-bond donors (Lipinski definition) is 2. The average Bonchev–Trinajstić information content (AvgIpc) is 2.18. The molecule has 15 heavy (non-hydrogen) atoms. The van der Waals surface area contributed by atoms with Gasteiger partial charge in [-0.25, -0.2) is 0 Å². The monoisotopic (exact) mass is 206 g/mol. The Bertz CT molecular complexity index is 256. The highest BCUT2D eigenvalue weighted by Crippen LogP contribution is 2.03. The van der Waals surface area contributed by atoms with Gasteiger partial charge in [-0.05, 0) is 24.9 Å². The molecule has 0 bridgehead atoms. The largest absolute Gasteiger partial charge is 0.327 e. The second kappa shape index (κ2) is 6.59. The average molecular weight is 206 g/mol. The molecule has 1 atom stereocenters. The van der Waals surface area contributed by atoms with Gasteiger partial charge in [-0.3, -0.25) is 0 Å². The van der Waals surface area contributed by atoms with Gasteiger partial charge in [0.05, 0.1) is 0 Å². The highest BCUT2D eigenvalue weighted by Gasteiger charge is 2.03. The van der Waals surface area contributed by atoms with Crippen LogP contribution in [0.1, 0.15) is 25.8 Å². The van der Waals surface area contributed by atoms with Crippen LogP contribution < -0.4 is 11.1 Å². The maximum Gasteiger partial charge on any atom is 0.00914 e. The van der Waals surface area contributed by atoms with Crippen molar-refractivity contribution in [3.05, 3.63) is 35.9 Å². The van der Waals surface area contributed by atoms with Crippen LogP contribution in [0.5, 0.6) is 0 Å². The Balaban J connectivity index is 2.21. The van der Waals surface area contributed by atoms with Crippen LogP contribution in [0.2, 0.25) is 0 Å². The Morgan fingerprint density at radius 1 is 1.20 bits per heavy atom. The molecular weight excluding hydrogens is 184 g/mol. The molecule has 0 fully saturated rings. The fourth-order valence-electron chi connectivity index (χ4n) is 1.58. The molecule has 0 aliphatic heterocycles. The summed E-state index contributed by atoms with van der Waals surface area (Å²) in [4.78, 5) is 0. The first-order valence-corrected chi connectivity index (χ1v) is 5.71. The first kappa shape index (κ1) is 12.2. The summed E-state index contributed by atoms with van der Waals surface area (Å²) in [6.07, 6.45) is 2.01. The third-order valence-corrected chi connectivity index (χ3v) is 2.41. The second-order valence-electron chi connectivity index (χ2n) is 4.35. The van der Waals surface area contributed by atoms with Gasteiger partial charge in [-0.15, -0.1) is 0 Å². The number of hydrogen-bond acceptors (Lipinski definition) is 2. The molecule has 0 radical (unpaired) electrons. The summed E-state index contributed by atoms with van der Waals surface area (Å²) in [5, 5.41) is 3.38. The van der Waals surface area contributed by atoms with E-state index >= 15 is 0 Å². The van der Waals surface area contributed by atoms with E-state index < -0.39 is 0 Å². The third kappa shape index (κ3) is 5.55. The van der Waals surface area contributed by atoms with Crippen LogP contribution >= 0.6 is 0 Å². The molecule has 0 aliphatic rings. The number of rotatable bonds is 6. The van der Waals surface area contributed by atoms with Crippen molar-refractivity contribution in [2.24, 2.45) is 5.73 Å². The van der Waals surface area contributed by atoms with Crippen molar-refractivity contribution >= 4 is 0 Å². The lowest BCUT2D eigenvalue weighted by Gasteiger charge is -2.13. The highest BCUT2D eigenvalue weighted by atomic mass is 14.9. The Labute approximate surface area is 92.9 Å². The Hall–Kier alpha value is -0.860. The Morgan fingerprint density at radius 3 is 2.47 bits per heavy atom. The van der Waals surface area contributed by atoms with Gasteiger partial charge in [0.2, 0.25) is 0 Å². The summed E-state index contributed by atoms with van der Waals surface area (Å²) < 4.78 is 0. The molecule has 84 valence electrons. The minimum atomic E-state index is 0.263. The van der Waals surface area contributed by atoms with Crippen molar-refractivity contribution in [3.8, 4) is 0 Å². The minimum absolute atomic E-state index is 0.263. The smallest absolute Gasteiger partial charge is 0.00914 e. The highest BCUT2D eigenvalue weighted by molar-refractivity contribution is 5.15. The molecule has 0 saturated carbocycles. The van der Waals surface area contributed by atoms with Gasteiger partial charge >= 0.3 is 0 Å². The van der Waals surface area contributed by atoms with Crippen LogP contribution in [0.4, 0.5) is 0 Å². The van der Waals surface area contributed by atoms with Crippen LogP contribution in [0.15, 0.2) is 30.3 Å². The van der Waals surface area contributed by atoms with E-state index in [4.69, 9.17) is 5.73 Å². The SMILES string of the molecule is CC(C)NCCC(N)Cc1ccccc1. The molecule has 1 aromatic rings. The molecule has 1 unspecified atom stereocenters. The molecule has 0 heterocycles. The number of nitrogens with one attached hydrogen (secondary N) is 1. The van der Waals surface area contributed by atoms with Crippen molar-refractivity contribution in [2.45, 2.75) is 38.8 Å². The van der Waals surface area contributed by atoms with Crippen molar-refractivity contribution in [2.75, 3.05) is 6.54 Å². The molecular formula is C13H22N2. The van der Waals surface area contributed by atoms with E-state index in [1.54, 1.807) is 0 Å². The lowest BCUT2D eigenvalue weighted by Crippen LogP contribution is -2.31. The summed E-state index contributed by atoms with van der Waals surface area (Å²) in [6, 6.07) is 11.2. The van der Waals surface area contributed by atoms with Gasteiger partial charge in [0.1, 0.15) is 0 Å². The fraction of sp³-hybridized carbons (Fsp3) is 0.538.